The van der Waals surface area contributed by atoms with Gasteiger partial charge in [-0.25, -0.2) is 0 Å². The number of nitrogens with two attached hydrogens (primary N) is 2. The van der Waals surface area contributed by atoms with E-state index >= 15 is 0 Å². The van der Waals surface area contributed by atoms with Crippen LogP contribution in [0.1, 0.15) is 33.6 Å². The van der Waals surface area contributed by atoms with Gasteiger partial charge in [0.1, 0.15) is 0 Å². The highest BCUT2D eigenvalue weighted by molar-refractivity contribution is 5.89. The fourth-order valence-electron chi connectivity index (χ4n) is 1.96. The second kappa shape index (κ2) is 9.49. The molecular weight excluding hydrogens is 244 g/mol. The lowest BCUT2D eigenvalue weighted by Crippen LogP contribution is -2.47. The van der Waals surface area contributed by atoms with Crippen LogP contribution in [0.3, 0.4) is 0 Å². The molecule has 0 saturated heterocycles. The minimum absolute atomic E-state index is 0.0698. The first-order chi connectivity index (χ1) is 8.95. The minimum atomic E-state index is -0.408. The van der Waals surface area contributed by atoms with E-state index in [0.29, 0.717) is 32.5 Å². The van der Waals surface area contributed by atoms with Gasteiger partial charge in [-0.1, -0.05) is 13.8 Å². The second-order valence-electron chi connectivity index (χ2n) is 4.77. The number of amides is 1. The summed E-state index contributed by atoms with van der Waals surface area (Å²) in [6.07, 6.45) is 2.56. The summed E-state index contributed by atoms with van der Waals surface area (Å²) >= 11 is 0. The molecule has 0 bridgehead atoms. The van der Waals surface area contributed by atoms with Crippen molar-refractivity contribution < 1.29 is 9.59 Å². The maximum atomic E-state index is 12.2. The first-order valence-corrected chi connectivity index (χ1v) is 6.66. The highest BCUT2D eigenvalue weighted by atomic mass is 16.2. The molecule has 1 amide bonds. The molecule has 6 nitrogen and oxygen atoms in total. The summed E-state index contributed by atoms with van der Waals surface area (Å²) in [5, 5.41) is 0. The van der Waals surface area contributed by atoms with E-state index in [1.54, 1.807) is 4.90 Å². The Morgan fingerprint density at radius 3 is 2.42 bits per heavy atom. The molecule has 1 unspecified atom stereocenters. The zero-order valence-electron chi connectivity index (χ0n) is 12.1. The van der Waals surface area contributed by atoms with Gasteiger partial charge in [0.2, 0.25) is 5.91 Å². The van der Waals surface area contributed by atoms with E-state index in [2.05, 4.69) is 4.99 Å². The van der Waals surface area contributed by atoms with Gasteiger partial charge in [-0.15, -0.1) is 0 Å². The van der Waals surface area contributed by atoms with Crippen LogP contribution in [-0.2, 0) is 9.59 Å². The topological polar surface area (TPSA) is 102 Å². The standard InChI is InChI=1S/C13H26N4O2/c1-10(2)13(19)12(5-4-7-16-9-15)17(8-6-14)11(3)18/h9-10,12H,4-8,14H2,1-3H3,(H2,15,16). The molecule has 0 aliphatic heterocycles. The average Bonchev–Trinajstić information content (AvgIpc) is 2.36. The summed E-state index contributed by atoms with van der Waals surface area (Å²) in [4.78, 5) is 29.4. The predicted octanol–water partition coefficient (Wildman–Crippen LogP) is 0.155. The molecule has 110 valence electrons. The molecule has 0 aliphatic carbocycles. The van der Waals surface area contributed by atoms with Crippen LogP contribution in [0.15, 0.2) is 4.99 Å². The maximum absolute atomic E-state index is 12.2. The van der Waals surface area contributed by atoms with Crippen LogP contribution in [-0.4, -0.2) is 48.6 Å². The maximum Gasteiger partial charge on any atom is 0.220 e. The van der Waals surface area contributed by atoms with Gasteiger partial charge < -0.3 is 16.4 Å². The van der Waals surface area contributed by atoms with Crippen molar-refractivity contribution in [2.24, 2.45) is 22.4 Å². The van der Waals surface area contributed by atoms with Crippen LogP contribution < -0.4 is 11.5 Å². The molecule has 19 heavy (non-hydrogen) atoms. The molecule has 0 heterocycles. The molecular formula is C13H26N4O2. The van der Waals surface area contributed by atoms with Gasteiger partial charge in [-0.2, -0.15) is 0 Å². The summed E-state index contributed by atoms with van der Waals surface area (Å²) in [5.41, 5.74) is 10.7. The van der Waals surface area contributed by atoms with Crippen molar-refractivity contribution in [2.45, 2.75) is 39.7 Å². The number of ketones is 1. The van der Waals surface area contributed by atoms with E-state index in [9.17, 15) is 9.59 Å². The van der Waals surface area contributed by atoms with Crippen LogP contribution in [0.25, 0.3) is 0 Å². The van der Waals surface area contributed by atoms with Gasteiger partial charge >= 0.3 is 0 Å². The Morgan fingerprint density at radius 2 is 2.00 bits per heavy atom. The molecule has 4 N–H and O–H groups in total. The van der Waals surface area contributed by atoms with Crippen molar-refractivity contribution >= 4 is 18.0 Å². The summed E-state index contributed by atoms with van der Waals surface area (Å²) in [5.74, 6) is -0.158. The molecule has 0 radical (unpaired) electrons. The molecule has 0 fully saturated rings. The lowest BCUT2D eigenvalue weighted by Gasteiger charge is -2.30. The van der Waals surface area contributed by atoms with Gasteiger partial charge in [0.25, 0.3) is 0 Å². The summed E-state index contributed by atoms with van der Waals surface area (Å²) in [7, 11) is 0. The van der Waals surface area contributed by atoms with Gasteiger partial charge in [-0.3, -0.25) is 14.6 Å². The molecule has 0 spiro atoms. The van der Waals surface area contributed by atoms with E-state index in [-0.39, 0.29) is 17.6 Å². The Morgan fingerprint density at radius 1 is 1.37 bits per heavy atom. The minimum Gasteiger partial charge on any atom is -0.390 e. The third-order valence-corrected chi connectivity index (χ3v) is 2.92. The Balaban J connectivity index is 4.80. The number of Topliss-reactive ketones (excluding diaryl/α,β-unsaturated/α-hetero) is 1. The number of rotatable bonds is 9. The van der Waals surface area contributed by atoms with Crippen molar-refractivity contribution in [3.05, 3.63) is 0 Å². The Bertz CT molecular complexity index is 316. The molecule has 0 rings (SSSR count). The van der Waals surface area contributed by atoms with Crippen molar-refractivity contribution in [2.75, 3.05) is 19.6 Å². The first kappa shape index (κ1) is 17.6. The zero-order chi connectivity index (χ0) is 14.8. The molecule has 0 aromatic rings. The number of hydrogen-bond donors (Lipinski definition) is 2. The normalized spacial score (nSPS) is 12.9. The number of carbonyl (C=O) groups excluding carboxylic acids is 2. The Kier molecular flexibility index (Phi) is 8.78. The SMILES string of the molecule is CC(=O)N(CCN)C(CCCN=CN)C(=O)C(C)C. The number of hydrogen-bond acceptors (Lipinski definition) is 4. The monoisotopic (exact) mass is 270 g/mol. The quantitative estimate of drug-likeness (QED) is 0.354. The third kappa shape index (κ3) is 6.33. The van der Waals surface area contributed by atoms with Crippen molar-refractivity contribution in [1.29, 1.82) is 0 Å². The molecule has 0 aromatic heterocycles. The van der Waals surface area contributed by atoms with Crippen LogP contribution in [0, 0.1) is 5.92 Å². The Labute approximate surface area is 115 Å². The molecule has 0 aromatic carbocycles. The lowest BCUT2D eigenvalue weighted by molar-refractivity contribution is -0.139. The van der Waals surface area contributed by atoms with Gasteiger partial charge in [-0.05, 0) is 12.8 Å². The number of aliphatic imine (C=N–C) groups is 1. The highest BCUT2D eigenvalue weighted by Gasteiger charge is 2.28. The smallest absolute Gasteiger partial charge is 0.220 e. The first-order valence-electron chi connectivity index (χ1n) is 6.66. The third-order valence-electron chi connectivity index (χ3n) is 2.92. The zero-order valence-corrected chi connectivity index (χ0v) is 12.1. The van der Waals surface area contributed by atoms with E-state index in [1.165, 1.54) is 13.3 Å². The van der Waals surface area contributed by atoms with Crippen LogP contribution in [0.4, 0.5) is 0 Å². The summed E-state index contributed by atoms with van der Waals surface area (Å²) in [6.45, 7) is 6.46. The fourth-order valence-corrected chi connectivity index (χ4v) is 1.96. The van der Waals surface area contributed by atoms with Crippen molar-refractivity contribution in [3.8, 4) is 0 Å². The predicted molar refractivity (Wildman–Crippen MR) is 76.9 cm³/mol. The van der Waals surface area contributed by atoms with Gasteiger partial charge in [0, 0.05) is 32.5 Å². The Hall–Kier alpha value is -1.43. The number of nitrogens with zero attached hydrogens (tertiary/aromatic N) is 2. The fraction of sp³-hybridized carbons (Fsp3) is 0.769. The van der Waals surface area contributed by atoms with Crippen LogP contribution >= 0.6 is 0 Å². The van der Waals surface area contributed by atoms with Crippen molar-refractivity contribution in [3.63, 3.8) is 0 Å². The van der Waals surface area contributed by atoms with Crippen LogP contribution in [0.2, 0.25) is 0 Å². The summed E-state index contributed by atoms with van der Waals surface area (Å²) in [6, 6.07) is -0.408. The summed E-state index contributed by atoms with van der Waals surface area (Å²) < 4.78 is 0. The number of carbonyl (C=O) groups is 2. The van der Waals surface area contributed by atoms with Gasteiger partial charge in [0.05, 0.1) is 12.4 Å². The molecule has 1 atom stereocenters. The largest absolute Gasteiger partial charge is 0.390 e. The van der Waals surface area contributed by atoms with E-state index in [4.69, 9.17) is 11.5 Å². The molecule has 0 aliphatic rings. The van der Waals surface area contributed by atoms with Crippen LogP contribution in [0.5, 0.6) is 0 Å². The van der Waals surface area contributed by atoms with Gasteiger partial charge in [0.15, 0.2) is 5.78 Å². The van der Waals surface area contributed by atoms with Crippen molar-refractivity contribution in [1.82, 2.24) is 4.90 Å². The molecule has 6 heteroatoms. The van der Waals surface area contributed by atoms with E-state index < -0.39 is 6.04 Å². The lowest BCUT2D eigenvalue weighted by atomic mass is 9.96. The highest BCUT2D eigenvalue weighted by Crippen LogP contribution is 2.14. The van der Waals surface area contributed by atoms with E-state index in [0.717, 1.165) is 0 Å². The average molecular weight is 270 g/mol. The molecule has 0 saturated carbocycles. The van der Waals surface area contributed by atoms with E-state index in [1.807, 2.05) is 13.8 Å². The second-order valence-corrected chi connectivity index (χ2v) is 4.77.